The minimum Gasteiger partial charge on any atom is -0.411 e. The number of nitro groups is 1. The lowest BCUT2D eigenvalue weighted by molar-refractivity contribution is -0.402. The van der Waals surface area contributed by atoms with Gasteiger partial charge in [0.1, 0.15) is 4.92 Å². The molecule has 8 heteroatoms. The van der Waals surface area contributed by atoms with Crippen LogP contribution in [0.3, 0.4) is 0 Å². The molecule has 1 N–H and O–H groups in total. The number of hydrogen-bond acceptors (Lipinski definition) is 6. The molecule has 0 spiro atoms. The van der Waals surface area contributed by atoms with Gasteiger partial charge in [-0.1, -0.05) is 5.16 Å². The minimum atomic E-state index is -0.691. The van der Waals surface area contributed by atoms with E-state index in [1.807, 2.05) is 0 Å². The molecule has 0 radical (unpaired) electrons. The highest BCUT2D eigenvalue weighted by atomic mass is 16.6. The predicted molar refractivity (Wildman–Crippen MR) is 59.7 cm³/mol. The summed E-state index contributed by atoms with van der Waals surface area (Å²) >= 11 is 0. The molecule has 8 nitrogen and oxygen atoms in total. The summed E-state index contributed by atoms with van der Waals surface area (Å²) in [7, 11) is 0. The fraction of sp³-hybridized carbons (Fsp3) is 0.400. The molecule has 1 aliphatic heterocycles. The van der Waals surface area contributed by atoms with E-state index in [1.54, 1.807) is 0 Å². The highest BCUT2D eigenvalue weighted by molar-refractivity contribution is 5.94. The van der Waals surface area contributed by atoms with Gasteiger partial charge in [0.25, 0.3) is 5.91 Å². The summed E-state index contributed by atoms with van der Waals surface area (Å²) in [5, 5.41) is 22.1. The normalized spacial score (nSPS) is 15.6. The van der Waals surface area contributed by atoms with E-state index in [9.17, 15) is 14.9 Å². The molecule has 0 bridgehead atoms. The molecule has 0 aliphatic carbocycles. The van der Waals surface area contributed by atoms with E-state index in [-0.39, 0.29) is 11.7 Å². The molecule has 1 aromatic heterocycles. The molecule has 0 aromatic carbocycles. The van der Waals surface area contributed by atoms with Crippen molar-refractivity contribution >= 4 is 17.5 Å². The van der Waals surface area contributed by atoms with Crippen LogP contribution in [-0.4, -0.2) is 39.7 Å². The number of carbonyl (C=O) groups is 1. The van der Waals surface area contributed by atoms with Crippen molar-refractivity contribution in [1.82, 2.24) is 4.90 Å². The number of nitrogens with zero attached hydrogens (tertiary/aromatic N) is 3. The molecular weight excluding hydrogens is 242 g/mol. The van der Waals surface area contributed by atoms with E-state index >= 15 is 0 Å². The van der Waals surface area contributed by atoms with Gasteiger partial charge in [0.2, 0.25) is 0 Å². The van der Waals surface area contributed by atoms with Gasteiger partial charge in [-0.25, -0.2) is 0 Å². The summed E-state index contributed by atoms with van der Waals surface area (Å²) in [6, 6.07) is 2.44. The zero-order valence-electron chi connectivity index (χ0n) is 9.40. The number of hydrogen-bond donors (Lipinski definition) is 1. The van der Waals surface area contributed by atoms with Crippen LogP contribution in [0.15, 0.2) is 21.7 Å². The van der Waals surface area contributed by atoms with Gasteiger partial charge in [-0.05, 0) is 6.07 Å². The van der Waals surface area contributed by atoms with Crippen LogP contribution in [0.25, 0.3) is 0 Å². The summed E-state index contributed by atoms with van der Waals surface area (Å²) in [5.74, 6) is -0.890. The van der Waals surface area contributed by atoms with Crippen LogP contribution >= 0.6 is 0 Å². The average molecular weight is 253 g/mol. The zero-order valence-corrected chi connectivity index (χ0v) is 9.40. The van der Waals surface area contributed by atoms with Crippen LogP contribution in [0, 0.1) is 10.1 Å². The van der Waals surface area contributed by atoms with Crippen molar-refractivity contribution in [3.8, 4) is 0 Å². The molecule has 1 saturated heterocycles. The molecule has 1 aliphatic rings. The Labute approximate surface area is 102 Å². The van der Waals surface area contributed by atoms with Crippen LogP contribution in [0.4, 0.5) is 5.88 Å². The van der Waals surface area contributed by atoms with Gasteiger partial charge in [0.05, 0.1) is 11.8 Å². The smallest absolute Gasteiger partial charge is 0.411 e. The van der Waals surface area contributed by atoms with Crippen LogP contribution in [-0.2, 0) is 0 Å². The summed E-state index contributed by atoms with van der Waals surface area (Å²) in [4.78, 5) is 23.2. The Balaban J connectivity index is 2.05. The lowest BCUT2D eigenvalue weighted by Crippen LogP contribution is -2.38. The lowest BCUT2D eigenvalue weighted by Gasteiger charge is -2.26. The summed E-state index contributed by atoms with van der Waals surface area (Å²) < 4.78 is 4.84. The van der Waals surface area contributed by atoms with E-state index in [1.165, 1.54) is 11.0 Å². The van der Waals surface area contributed by atoms with Gasteiger partial charge in [-0.15, -0.1) is 0 Å². The number of piperidine rings is 1. The largest absolute Gasteiger partial charge is 0.433 e. The average Bonchev–Trinajstić information content (AvgIpc) is 2.88. The molecule has 0 atom stereocenters. The Kier molecular flexibility index (Phi) is 3.26. The van der Waals surface area contributed by atoms with Crippen molar-refractivity contribution in [2.24, 2.45) is 5.16 Å². The van der Waals surface area contributed by atoms with Crippen molar-refractivity contribution in [1.29, 1.82) is 0 Å². The number of oxime groups is 1. The van der Waals surface area contributed by atoms with Crippen molar-refractivity contribution in [3.63, 3.8) is 0 Å². The maximum atomic E-state index is 11.9. The Morgan fingerprint density at radius 3 is 2.61 bits per heavy atom. The second kappa shape index (κ2) is 4.86. The highest BCUT2D eigenvalue weighted by Gasteiger charge is 2.25. The number of amides is 1. The van der Waals surface area contributed by atoms with Gasteiger partial charge in [-0.3, -0.25) is 14.9 Å². The fourth-order valence-corrected chi connectivity index (χ4v) is 1.76. The zero-order chi connectivity index (χ0) is 13.1. The Hall–Kier alpha value is -2.38. The first kappa shape index (κ1) is 12.1. The number of carbonyl (C=O) groups excluding carboxylic acids is 1. The van der Waals surface area contributed by atoms with Crippen molar-refractivity contribution < 1.29 is 19.3 Å². The lowest BCUT2D eigenvalue weighted by atomic mass is 10.1. The van der Waals surface area contributed by atoms with Gasteiger partial charge < -0.3 is 14.5 Å². The first-order valence-electron chi connectivity index (χ1n) is 5.35. The second-order valence-electron chi connectivity index (χ2n) is 3.85. The van der Waals surface area contributed by atoms with E-state index in [2.05, 4.69) is 5.16 Å². The van der Waals surface area contributed by atoms with Gasteiger partial charge in [0.15, 0.2) is 5.76 Å². The topological polar surface area (TPSA) is 109 Å². The molecule has 18 heavy (non-hydrogen) atoms. The third-order valence-corrected chi connectivity index (χ3v) is 2.75. The molecule has 1 aromatic rings. The van der Waals surface area contributed by atoms with Crippen molar-refractivity contribution in [3.05, 3.63) is 28.0 Å². The molecule has 1 amide bonds. The van der Waals surface area contributed by atoms with Crippen LogP contribution in [0.1, 0.15) is 23.4 Å². The third kappa shape index (κ3) is 2.31. The minimum absolute atomic E-state index is 0.0499. The van der Waals surface area contributed by atoms with Crippen LogP contribution < -0.4 is 0 Å². The number of furan rings is 1. The predicted octanol–water partition coefficient (Wildman–Crippen LogP) is 1.25. The molecule has 1 fully saturated rings. The van der Waals surface area contributed by atoms with E-state index in [0.717, 1.165) is 6.07 Å². The standard InChI is InChI=1S/C10H11N3O5/c14-10(8-1-2-9(18-8)13(16)17)12-5-3-7(11-15)4-6-12/h1-2,15H,3-6H2. The third-order valence-electron chi connectivity index (χ3n) is 2.75. The first-order chi connectivity index (χ1) is 8.61. The van der Waals surface area contributed by atoms with E-state index in [0.29, 0.717) is 31.6 Å². The fourth-order valence-electron chi connectivity index (χ4n) is 1.76. The van der Waals surface area contributed by atoms with E-state index in [4.69, 9.17) is 9.62 Å². The molecule has 2 heterocycles. The molecular formula is C10H11N3O5. The van der Waals surface area contributed by atoms with Gasteiger partial charge in [0, 0.05) is 25.9 Å². The quantitative estimate of drug-likeness (QED) is 0.484. The van der Waals surface area contributed by atoms with Crippen LogP contribution in [0.5, 0.6) is 0 Å². The van der Waals surface area contributed by atoms with Gasteiger partial charge >= 0.3 is 5.88 Å². The molecule has 96 valence electrons. The number of rotatable bonds is 2. The Morgan fingerprint density at radius 2 is 2.11 bits per heavy atom. The van der Waals surface area contributed by atoms with Crippen LogP contribution in [0.2, 0.25) is 0 Å². The van der Waals surface area contributed by atoms with E-state index < -0.39 is 10.8 Å². The Morgan fingerprint density at radius 1 is 1.44 bits per heavy atom. The monoisotopic (exact) mass is 253 g/mol. The summed E-state index contributed by atoms with van der Waals surface area (Å²) in [5.41, 5.74) is 0.643. The number of likely N-dealkylation sites (tertiary alicyclic amines) is 1. The summed E-state index contributed by atoms with van der Waals surface area (Å²) in [6.45, 7) is 0.819. The molecule has 0 unspecified atom stereocenters. The SMILES string of the molecule is O=C(c1ccc([N+](=O)[O-])o1)N1CCC(=NO)CC1. The molecule has 2 rings (SSSR count). The van der Waals surface area contributed by atoms with Crippen molar-refractivity contribution in [2.75, 3.05) is 13.1 Å². The second-order valence-corrected chi connectivity index (χ2v) is 3.85. The van der Waals surface area contributed by atoms with Crippen molar-refractivity contribution in [2.45, 2.75) is 12.8 Å². The first-order valence-corrected chi connectivity index (χ1v) is 5.35. The Bertz CT molecular complexity index is 497. The van der Waals surface area contributed by atoms with Gasteiger partial charge in [-0.2, -0.15) is 0 Å². The maximum absolute atomic E-state index is 11.9. The molecule has 0 saturated carbocycles. The summed E-state index contributed by atoms with van der Waals surface area (Å²) in [6.07, 6.45) is 0.982. The maximum Gasteiger partial charge on any atom is 0.433 e. The highest BCUT2D eigenvalue weighted by Crippen LogP contribution is 2.18.